The molecular formula is C12H10N2O2. The lowest BCUT2D eigenvalue weighted by molar-refractivity contribution is 0.408. The molecule has 80 valence electrons. The molecule has 0 spiro atoms. The number of aromatic nitrogens is 1. The van der Waals surface area contributed by atoms with Crippen LogP contribution in [0.15, 0.2) is 41.0 Å². The van der Waals surface area contributed by atoms with E-state index in [0.717, 1.165) is 10.9 Å². The lowest BCUT2D eigenvalue weighted by Crippen LogP contribution is -2.20. The normalized spacial score (nSPS) is 14.1. The maximum absolute atomic E-state index is 11.8. The first-order valence-electron chi connectivity index (χ1n) is 5.03. The van der Waals surface area contributed by atoms with Gasteiger partial charge in [-0.2, -0.15) is 0 Å². The highest BCUT2D eigenvalue weighted by atomic mass is 16.5. The fraction of sp³-hybridized carbons (Fsp3) is 0.0833. The maximum Gasteiger partial charge on any atom is 0.255 e. The first-order valence-corrected chi connectivity index (χ1v) is 5.03. The van der Waals surface area contributed by atoms with Gasteiger partial charge >= 0.3 is 0 Å². The first kappa shape index (κ1) is 9.03. The summed E-state index contributed by atoms with van der Waals surface area (Å²) in [6, 6.07) is 7.52. The molecule has 0 amide bonds. The summed E-state index contributed by atoms with van der Waals surface area (Å²) in [4.78, 5) is 14.6. The van der Waals surface area contributed by atoms with Gasteiger partial charge in [0.05, 0.1) is 11.1 Å². The summed E-state index contributed by atoms with van der Waals surface area (Å²) in [5, 5.41) is 0.883. The zero-order valence-electron chi connectivity index (χ0n) is 8.49. The molecule has 0 bridgehead atoms. The fourth-order valence-electron chi connectivity index (χ4n) is 1.92. The number of benzene rings is 1. The van der Waals surface area contributed by atoms with Crippen LogP contribution in [0, 0.1) is 0 Å². The molecule has 1 aromatic heterocycles. The molecule has 2 aromatic rings. The molecule has 2 heterocycles. The third-order valence-corrected chi connectivity index (χ3v) is 2.70. The number of pyridine rings is 1. The molecule has 16 heavy (non-hydrogen) atoms. The Morgan fingerprint density at radius 3 is 3.00 bits per heavy atom. The van der Waals surface area contributed by atoms with Crippen LogP contribution < -0.4 is 16.0 Å². The van der Waals surface area contributed by atoms with Gasteiger partial charge in [0.25, 0.3) is 5.56 Å². The summed E-state index contributed by atoms with van der Waals surface area (Å²) < 4.78 is 5.44. The van der Waals surface area contributed by atoms with Crippen molar-refractivity contribution in [3.63, 3.8) is 0 Å². The molecule has 0 saturated carbocycles. The van der Waals surface area contributed by atoms with Crippen LogP contribution in [-0.4, -0.2) is 4.98 Å². The molecule has 3 rings (SSSR count). The largest absolute Gasteiger partial charge is 0.441 e. The van der Waals surface area contributed by atoms with E-state index >= 15 is 0 Å². The Labute approximate surface area is 91.3 Å². The molecule has 0 fully saturated rings. The summed E-state index contributed by atoms with van der Waals surface area (Å²) in [6.45, 7) is 0. The molecule has 1 aliphatic rings. The quantitative estimate of drug-likeness (QED) is 0.693. The number of hydrogen-bond acceptors (Lipinski definition) is 3. The number of aromatic amines is 1. The molecular weight excluding hydrogens is 204 g/mol. The average molecular weight is 214 g/mol. The van der Waals surface area contributed by atoms with Crippen molar-refractivity contribution in [1.29, 1.82) is 0 Å². The Hall–Kier alpha value is -2.23. The molecule has 1 aromatic carbocycles. The van der Waals surface area contributed by atoms with Crippen LogP contribution in [0.1, 0.15) is 5.56 Å². The van der Waals surface area contributed by atoms with Crippen molar-refractivity contribution in [3.8, 4) is 5.75 Å². The van der Waals surface area contributed by atoms with E-state index in [-0.39, 0.29) is 5.56 Å². The van der Waals surface area contributed by atoms with Crippen molar-refractivity contribution < 1.29 is 4.74 Å². The zero-order chi connectivity index (χ0) is 11.1. The van der Waals surface area contributed by atoms with E-state index in [1.54, 1.807) is 6.08 Å². The summed E-state index contributed by atoms with van der Waals surface area (Å²) in [7, 11) is 0. The minimum absolute atomic E-state index is 0.113. The number of hydrogen-bond donors (Lipinski definition) is 2. The number of para-hydroxylation sites is 1. The smallest absolute Gasteiger partial charge is 0.255 e. The Balaban J connectivity index is 2.41. The molecule has 0 atom stereocenters. The summed E-state index contributed by atoms with van der Waals surface area (Å²) in [5.74, 6) is 0.933. The van der Waals surface area contributed by atoms with Crippen LogP contribution >= 0.6 is 0 Å². The van der Waals surface area contributed by atoms with E-state index < -0.39 is 0 Å². The highest BCUT2D eigenvalue weighted by molar-refractivity contribution is 5.86. The second-order valence-corrected chi connectivity index (χ2v) is 3.72. The van der Waals surface area contributed by atoms with Crippen molar-refractivity contribution in [2.24, 2.45) is 5.73 Å². The second kappa shape index (κ2) is 3.13. The zero-order valence-corrected chi connectivity index (χ0v) is 8.49. The molecule has 0 saturated heterocycles. The lowest BCUT2D eigenvalue weighted by atomic mass is 10.1. The number of nitrogens with two attached hydrogens (primary N) is 1. The summed E-state index contributed by atoms with van der Waals surface area (Å²) >= 11 is 0. The van der Waals surface area contributed by atoms with Gasteiger partial charge in [-0.3, -0.25) is 4.79 Å². The van der Waals surface area contributed by atoms with Crippen molar-refractivity contribution in [3.05, 3.63) is 52.1 Å². The van der Waals surface area contributed by atoms with Crippen molar-refractivity contribution in [2.45, 2.75) is 6.42 Å². The number of ether oxygens (including phenoxy) is 1. The molecule has 3 N–H and O–H groups in total. The third kappa shape index (κ3) is 1.20. The lowest BCUT2D eigenvalue weighted by Gasteiger charge is -2.16. The van der Waals surface area contributed by atoms with Gasteiger partial charge in [0, 0.05) is 11.8 Å². The molecule has 0 unspecified atom stereocenters. The monoisotopic (exact) mass is 214 g/mol. The van der Waals surface area contributed by atoms with Gasteiger partial charge in [-0.15, -0.1) is 0 Å². The molecule has 4 heteroatoms. The fourth-order valence-corrected chi connectivity index (χ4v) is 1.92. The van der Waals surface area contributed by atoms with Crippen LogP contribution in [0.3, 0.4) is 0 Å². The number of H-pyrrole nitrogens is 1. The molecule has 0 radical (unpaired) electrons. The summed E-state index contributed by atoms with van der Waals surface area (Å²) in [6.07, 6.45) is 2.22. The van der Waals surface area contributed by atoms with Crippen molar-refractivity contribution >= 4 is 10.9 Å². The molecule has 0 aliphatic carbocycles. The van der Waals surface area contributed by atoms with Crippen LogP contribution in [-0.2, 0) is 6.42 Å². The van der Waals surface area contributed by atoms with Gasteiger partial charge in [-0.1, -0.05) is 12.1 Å². The van der Waals surface area contributed by atoms with Crippen LogP contribution in [0.4, 0.5) is 0 Å². The van der Waals surface area contributed by atoms with Gasteiger partial charge in [-0.25, -0.2) is 0 Å². The van der Waals surface area contributed by atoms with Crippen molar-refractivity contribution in [1.82, 2.24) is 4.98 Å². The van der Waals surface area contributed by atoms with Crippen molar-refractivity contribution in [2.75, 3.05) is 0 Å². The number of allylic oxidation sites excluding steroid dienone is 1. The van der Waals surface area contributed by atoms with Crippen LogP contribution in [0.5, 0.6) is 5.75 Å². The number of nitrogens with one attached hydrogen (secondary N) is 1. The van der Waals surface area contributed by atoms with Crippen LogP contribution in [0.2, 0.25) is 0 Å². The van der Waals surface area contributed by atoms with E-state index in [1.807, 2.05) is 24.3 Å². The van der Waals surface area contributed by atoms with Gasteiger partial charge in [0.15, 0.2) is 5.88 Å². The molecule has 1 aliphatic heterocycles. The van der Waals surface area contributed by atoms with E-state index in [9.17, 15) is 4.79 Å². The Morgan fingerprint density at radius 1 is 1.31 bits per heavy atom. The maximum atomic E-state index is 11.8. The van der Waals surface area contributed by atoms with Gasteiger partial charge < -0.3 is 15.5 Å². The van der Waals surface area contributed by atoms with E-state index in [0.29, 0.717) is 23.6 Å². The van der Waals surface area contributed by atoms with Crippen LogP contribution in [0.25, 0.3) is 10.9 Å². The predicted molar refractivity (Wildman–Crippen MR) is 61.2 cm³/mol. The van der Waals surface area contributed by atoms with E-state index in [4.69, 9.17) is 10.5 Å². The molecule has 4 nitrogen and oxygen atoms in total. The minimum Gasteiger partial charge on any atom is -0.441 e. The highest BCUT2D eigenvalue weighted by Gasteiger charge is 2.17. The standard InChI is InChI=1S/C12H10N2O2/c13-10-6-5-8-11(16-10)7-3-1-2-4-9(7)14-12(8)15/h1-4,6H,5,13H2,(H,14,15). The Morgan fingerprint density at radius 2 is 2.12 bits per heavy atom. The minimum atomic E-state index is -0.113. The summed E-state index contributed by atoms with van der Waals surface area (Å²) in [5.41, 5.74) is 6.90. The average Bonchev–Trinajstić information content (AvgIpc) is 2.29. The van der Waals surface area contributed by atoms with Gasteiger partial charge in [-0.05, 0) is 18.2 Å². The van der Waals surface area contributed by atoms with Gasteiger partial charge in [0.1, 0.15) is 5.75 Å². The third-order valence-electron chi connectivity index (χ3n) is 2.70. The van der Waals surface area contributed by atoms with E-state index in [1.165, 1.54) is 0 Å². The SMILES string of the molecule is NC1=CCc2c(c3ccccc3[nH]c2=O)O1. The second-order valence-electron chi connectivity index (χ2n) is 3.72. The first-order chi connectivity index (χ1) is 7.75. The van der Waals surface area contributed by atoms with E-state index in [2.05, 4.69) is 4.98 Å². The predicted octanol–water partition coefficient (Wildman–Crippen LogP) is 1.26. The number of fused-ring (bicyclic) bond motifs is 3. The Kier molecular flexibility index (Phi) is 1.77. The highest BCUT2D eigenvalue weighted by Crippen LogP contribution is 2.29. The van der Waals surface area contributed by atoms with Gasteiger partial charge in [0.2, 0.25) is 0 Å². The number of rotatable bonds is 0. The Bertz CT molecular complexity index is 656. The topological polar surface area (TPSA) is 68.1 Å².